The molecule has 0 aromatic carbocycles. The van der Waals surface area contributed by atoms with E-state index in [1.54, 1.807) is 7.11 Å². The predicted molar refractivity (Wildman–Crippen MR) is 78.4 cm³/mol. The standard InChI is InChI=1S/C14H26N2O2.ClH/c1-18-9-8-14(6-3-7-14)13(17)16-12-5-2-4-11(12)10-15;/h11-12H,2-10,15H2,1H3,(H,16,17);1H. The van der Waals surface area contributed by atoms with Crippen LogP contribution in [-0.4, -0.2) is 32.2 Å². The maximum Gasteiger partial charge on any atom is 0.226 e. The average molecular weight is 291 g/mol. The number of ether oxygens (including phenoxy) is 1. The summed E-state index contributed by atoms with van der Waals surface area (Å²) in [6.45, 7) is 1.37. The number of rotatable bonds is 6. The number of carbonyl (C=O) groups is 1. The van der Waals surface area contributed by atoms with E-state index in [1.165, 1.54) is 12.8 Å². The van der Waals surface area contributed by atoms with Gasteiger partial charge in [-0.2, -0.15) is 0 Å². The summed E-state index contributed by atoms with van der Waals surface area (Å²) in [5, 5.41) is 3.26. The van der Waals surface area contributed by atoms with Gasteiger partial charge in [0, 0.05) is 19.8 Å². The monoisotopic (exact) mass is 290 g/mol. The lowest BCUT2D eigenvalue weighted by atomic mass is 9.66. The van der Waals surface area contributed by atoms with E-state index in [2.05, 4.69) is 5.32 Å². The van der Waals surface area contributed by atoms with Crippen molar-refractivity contribution >= 4 is 18.3 Å². The van der Waals surface area contributed by atoms with Crippen LogP contribution in [0.15, 0.2) is 0 Å². The smallest absolute Gasteiger partial charge is 0.226 e. The number of methoxy groups -OCH3 is 1. The molecule has 4 nitrogen and oxygen atoms in total. The Morgan fingerprint density at radius 3 is 2.63 bits per heavy atom. The second-order valence-corrected chi connectivity index (χ2v) is 5.88. The predicted octanol–water partition coefficient (Wildman–Crippen LogP) is 1.86. The second-order valence-electron chi connectivity index (χ2n) is 5.88. The third-order valence-electron chi connectivity index (χ3n) is 4.86. The Kier molecular flexibility index (Phi) is 6.57. The molecule has 2 fully saturated rings. The molecule has 0 aromatic rings. The van der Waals surface area contributed by atoms with Crippen molar-refractivity contribution in [1.29, 1.82) is 0 Å². The van der Waals surface area contributed by atoms with Crippen molar-refractivity contribution in [3.8, 4) is 0 Å². The first kappa shape index (κ1) is 16.7. The van der Waals surface area contributed by atoms with Crippen molar-refractivity contribution in [2.24, 2.45) is 17.1 Å². The van der Waals surface area contributed by atoms with E-state index in [-0.39, 0.29) is 23.7 Å². The van der Waals surface area contributed by atoms with Gasteiger partial charge in [0.2, 0.25) is 5.91 Å². The van der Waals surface area contributed by atoms with E-state index in [0.29, 0.717) is 25.1 Å². The molecular weight excluding hydrogens is 264 g/mol. The Labute approximate surface area is 122 Å². The van der Waals surface area contributed by atoms with Crippen LogP contribution in [0.2, 0.25) is 0 Å². The van der Waals surface area contributed by atoms with Gasteiger partial charge in [-0.3, -0.25) is 4.79 Å². The minimum atomic E-state index is -0.141. The normalized spacial score (nSPS) is 28.3. The summed E-state index contributed by atoms with van der Waals surface area (Å²) in [6.07, 6.45) is 7.50. The lowest BCUT2D eigenvalue weighted by molar-refractivity contribution is -0.138. The topological polar surface area (TPSA) is 64.3 Å². The first-order valence-corrected chi connectivity index (χ1v) is 7.22. The Hall–Kier alpha value is -0.320. The summed E-state index contributed by atoms with van der Waals surface area (Å²) in [5.41, 5.74) is 5.62. The molecule has 2 atom stereocenters. The summed E-state index contributed by atoms with van der Waals surface area (Å²) in [7, 11) is 1.70. The van der Waals surface area contributed by atoms with Gasteiger partial charge in [-0.1, -0.05) is 12.8 Å². The molecule has 2 aliphatic carbocycles. The molecule has 0 spiro atoms. The van der Waals surface area contributed by atoms with Gasteiger partial charge in [0.25, 0.3) is 0 Å². The van der Waals surface area contributed by atoms with Crippen LogP contribution in [0.4, 0.5) is 0 Å². The van der Waals surface area contributed by atoms with Gasteiger partial charge in [0.1, 0.15) is 0 Å². The SMILES string of the molecule is COCCC1(C(=O)NC2CCCC2CN)CCC1.Cl. The van der Waals surface area contributed by atoms with Crippen LogP contribution < -0.4 is 11.1 Å². The minimum Gasteiger partial charge on any atom is -0.385 e. The van der Waals surface area contributed by atoms with Gasteiger partial charge >= 0.3 is 0 Å². The fourth-order valence-electron chi connectivity index (χ4n) is 3.32. The Balaban J connectivity index is 0.00000180. The molecule has 0 aromatic heterocycles. The lowest BCUT2D eigenvalue weighted by Gasteiger charge is -2.41. The molecule has 19 heavy (non-hydrogen) atoms. The highest BCUT2D eigenvalue weighted by Gasteiger charge is 2.44. The van der Waals surface area contributed by atoms with Crippen molar-refractivity contribution < 1.29 is 9.53 Å². The van der Waals surface area contributed by atoms with Crippen LogP contribution in [-0.2, 0) is 9.53 Å². The van der Waals surface area contributed by atoms with Gasteiger partial charge < -0.3 is 15.8 Å². The zero-order chi connectivity index (χ0) is 13.0. The molecule has 2 unspecified atom stereocenters. The number of halogens is 1. The molecule has 2 aliphatic rings. The number of hydrogen-bond donors (Lipinski definition) is 2. The van der Waals surface area contributed by atoms with Crippen LogP contribution in [0.25, 0.3) is 0 Å². The van der Waals surface area contributed by atoms with E-state index in [0.717, 1.165) is 32.1 Å². The van der Waals surface area contributed by atoms with E-state index in [9.17, 15) is 4.79 Å². The lowest BCUT2D eigenvalue weighted by Crippen LogP contribution is -2.51. The third kappa shape index (κ3) is 3.61. The first-order valence-electron chi connectivity index (χ1n) is 7.22. The van der Waals surface area contributed by atoms with Gasteiger partial charge in [-0.05, 0) is 44.6 Å². The Morgan fingerprint density at radius 1 is 1.37 bits per heavy atom. The average Bonchev–Trinajstić information content (AvgIpc) is 2.75. The number of hydrogen-bond acceptors (Lipinski definition) is 3. The Morgan fingerprint density at radius 2 is 2.11 bits per heavy atom. The van der Waals surface area contributed by atoms with E-state index in [1.807, 2.05) is 0 Å². The summed E-state index contributed by atoms with van der Waals surface area (Å²) < 4.78 is 5.14. The molecule has 112 valence electrons. The first-order chi connectivity index (χ1) is 8.72. The highest BCUT2D eigenvalue weighted by molar-refractivity contribution is 5.85. The molecule has 3 N–H and O–H groups in total. The van der Waals surface area contributed by atoms with Crippen molar-refractivity contribution in [2.45, 2.75) is 51.0 Å². The second kappa shape index (κ2) is 7.46. The fraction of sp³-hybridized carbons (Fsp3) is 0.929. The quantitative estimate of drug-likeness (QED) is 0.785. The zero-order valence-electron chi connectivity index (χ0n) is 11.8. The molecular formula is C14H27ClN2O2. The largest absolute Gasteiger partial charge is 0.385 e. The zero-order valence-corrected chi connectivity index (χ0v) is 12.6. The molecule has 2 saturated carbocycles. The van der Waals surface area contributed by atoms with Crippen molar-refractivity contribution in [3.63, 3.8) is 0 Å². The van der Waals surface area contributed by atoms with E-state index in [4.69, 9.17) is 10.5 Å². The summed E-state index contributed by atoms with van der Waals surface area (Å²) in [6, 6.07) is 0.308. The summed E-state index contributed by atoms with van der Waals surface area (Å²) in [5.74, 6) is 0.727. The van der Waals surface area contributed by atoms with Crippen LogP contribution >= 0.6 is 12.4 Å². The highest BCUT2D eigenvalue weighted by atomic mass is 35.5. The van der Waals surface area contributed by atoms with Gasteiger partial charge in [0.15, 0.2) is 0 Å². The fourth-order valence-corrected chi connectivity index (χ4v) is 3.32. The summed E-state index contributed by atoms with van der Waals surface area (Å²) in [4.78, 5) is 12.5. The minimum absolute atomic E-state index is 0. The van der Waals surface area contributed by atoms with Crippen LogP contribution in [0.1, 0.15) is 44.9 Å². The maximum atomic E-state index is 12.5. The number of amides is 1. The van der Waals surface area contributed by atoms with Crippen LogP contribution in [0.3, 0.4) is 0 Å². The van der Waals surface area contributed by atoms with Gasteiger partial charge in [-0.25, -0.2) is 0 Å². The molecule has 0 heterocycles. The Bertz CT molecular complexity index is 295. The third-order valence-corrected chi connectivity index (χ3v) is 4.86. The number of nitrogens with one attached hydrogen (secondary N) is 1. The van der Waals surface area contributed by atoms with Crippen molar-refractivity contribution in [3.05, 3.63) is 0 Å². The van der Waals surface area contributed by atoms with E-state index >= 15 is 0 Å². The molecule has 5 heteroatoms. The van der Waals surface area contributed by atoms with Crippen molar-refractivity contribution in [1.82, 2.24) is 5.32 Å². The van der Waals surface area contributed by atoms with Crippen molar-refractivity contribution in [2.75, 3.05) is 20.3 Å². The van der Waals surface area contributed by atoms with Gasteiger partial charge in [-0.15, -0.1) is 12.4 Å². The van der Waals surface area contributed by atoms with Gasteiger partial charge in [0.05, 0.1) is 5.41 Å². The molecule has 0 radical (unpaired) electrons. The number of nitrogens with two attached hydrogens (primary N) is 1. The number of carbonyl (C=O) groups excluding carboxylic acids is 1. The molecule has 0 saturated heterocycles. The van der Waals surface area contributed by atoms with Crippen LogP contribution in [0.5, 0.6) is 0 Å². The molecule has 0 aliphatic heterocycles. The van der Waals surface area contributed by atoms with E-state index < -0.39 is 0 Å². The summed E-state index contributed by atoms with van der Waals surface area (Å²) >= 11 is 0. The maximum absolute atomic E-state index is 12.5. The highest BCUT2D eigenvalue weighted by Crippen LogP contribution is 2.44. The van der Waals surface area contributed by atoms with Crippen LogP contribution in [0, 0.1) is 11.3 Å². The molecule has 1 amide bonds. The molecule has 2 rings (SSSR count). The molecule has 0 bridgehead atoms.